The van der Waals surface area contributed by atoms with Crippen LogP contribution in [0.25, 0.3) is 0 Å². The summed E-state index contributed by atoms with van der Waals surface area (Å²) in [5, 5.41) is 10.5. The zero-order chi connectivity index (χ0) is 25.2. The van der Waals surface area contributed by atoms with Crippen LogP contribution < -0.4 is 15.2 Å². The molecule has 10 heteroatoms. The van der Waals surface area contributed by atoms with E-state index in [1.807, 2.05) is 6.92 Å². The lowest BCUT2D eigenvalue weighted by Crippen LogP contribution is -2.25. The lowest BCUT2D eigenvalue weighted by Gasteiger charge is -2.21. The van der Waals surface area contributed by atoms with Crippen molar-refractivity contribution < 1.29 is 32.6 Å². The Morgan fingerprint density at radius 2 is 1.60 bits per heavy atom. The van der Waals surface area contributed by atoms with E-state index in [1.165, 1.54) is 36.4 Å². The van der Waals surface area contributed by atoms with E-state index in [4.69, 9.17) is 15.2 Å². The second-order valence-corrected chi connectivity index (χ2v) is 9.55. The number of anilines is 1. The molecule has 0 saturated carbocycles. The van der Waals surface area contributed by atoms with Crippen molar-refractivity contribution in [3.63, 3.8) is 0 Å². The molecule has 0 aromatic heterocycles. The number of nitrogens with two attached hydrogens (primary N) is 1. The van der Waals surface area contributed by atoms with Crippen molar-refractivity contribution >= 4 is 27.3 Å². The quantitative estimate of drug-likeness (QED) is 0.182. The Hall–Kier alpha value is -3.73. The van der Waals surface area contributed by atoms with Crippen LogP contribution in [0.1, 0.15) is 45.2 Å². The van der Waals surface area contributed by atoms with Crippen LogP contribution in [0.3, 0.4) is 0 Å². The van der Waals surface area contributed by atoms with Crippen LogP contribution >= 0.6 is 0 Å². The van der Waals surface area contributed by atoms with Crippen LogP contribution in [0.15, 0.2) is 59.5 Å². The fraction of sp³-hybridized carbons (Fsp3) is 0.200. The summed E-state index contributed by atoms with van der Waals surface area (Å²) >= 11 is 0. The number of carbonyl (C=O) groups excluding carboxylic acids is 2. The van der Waals surface area contributed by atoms with Gasteiger partial charge in [0.15, 0.2) is 17.3 Å². The average Bonchev–Trinajstić information content (AvgIpc) is 2.84. The number of carbonyl (C=O) groups is 2. The van der Waals surface area contributed by atoms with Gasteiger partial charge < -0.3 is 20.3 Å². The molecule has 4 rings (SSSR count). The molecule has 0 unspecified atom stereocenters. The molecule has 0 fully saturated rings. The van der Waals surface area contributed by atoms with Gasteiger partial charge in [-0.1, -0.05) is 24.3 Å². The van der Waals surface area contributed by atoms with Gasteiger partial charge in [-0.05, 0) is 37.6 Å². The number of hydrogen-bond acceptors (Lipinski definition) is 8. The predicted molar refractivity (Wildman–Crippen MR) is 129 cm³/mol. The van der Waals surface area contributed by atoms with Gasteiger partial charge in [0, 0.05) is 37.0 Å². The number of phenolic OH excluding ortho intramolecular Hbond substituents is 1. The topological polar surface area (TPSA) is 145 Å². The molecule has 0 amide bonds. The molecule has 3 aromatic rings. The number of hydrogen-bond donors (Lipinski definition) is 3. The molecule has 3 aromatic carbocycles. The molecule has 0 saturated heterocycles. The first-order valence-corrected chi connectivity index (χ1v) is 12.4. The highest BCUT2D eigenvalue weighted by molar-refractivity contribution is 7.89. The third-order valence-corrected chi connectivity index (χ3v) is 6.98. The highest BCUT2D eigenvalue weighted by Crippen LogP contribution is 2.42. The number of benzene rings is 3. The zero-order valence-electron chi connectivity index (χ0n) is 18.9. The smallest absolute Gasteiger partial charge is 0.240 e. The van der Waals surface area contributed by atoms with Gasteiger partial charge in [0.05, 0.1) is 21.7 Å². The molecule has 1 aliphatic carbocycles. The first-order chi connectivity index (χ1) is 16.7. The maximum Gasteiger partial charge on any atom is 0.240 e. The SMILES string of the molecule is CCOCCCNS(=O)(=O)c1ccc(Oc2cc(O)c3c(c2N)C(=O)c2ccccc2C3=O)cc1. The van der Waals surface area contributed by atoms with E-state index in [-0.39, 0.29) is 50.9 Å². The van der Waals surface area contributed by atoms with Gasteiger partial charge in [0.1, 0.15) is 11.5 Å². The van der Waals surface area contributed by atoms with E-state index >= 15 is 0 Å². The Morgan fingerprint density at radius 1 is 0.971 bits per heavy atom. The fourth-order valence-electron chi connectivity index (χ4n) is 3.78. The van der Waals surface area contributed by atoms with Crippen LogP contribution in [-0.4, -0.2) is 44.8 Å². The summed E-state index contributed by atoms with van der Waals surface area (Å²) in [6.45, 7) is 3.13. The average molecular weight is 497 g/mol. The maximum atomic E-state index is 13.1. The van der Waals surface area contributed by atoms with Crippen LogP contribution in [0, 0.1) is 0 Å². The Morgan fingerprint density at radius 3 is 2.23 bits per heavy atom. The summed E-state index contributed by atoms with van der Waals surface area (Å²) in [6, 6.07) is 13.0. The Bertz CT molecular complexity index is 1400. The molecular weight excluding hydrogens is 472 g/mol. The number of aromatic hydroxyl groups is 1. The Kier molecular flexibility index (Phi) is 6.88. The monoisotopic (exact) mass is 496 g/mol. The molecule has 9 nitrogen and oxygen atoms in total. The number of sulfonamides is 1. The second-order valence-electron chi connectivity index (χ2n) is 7.78. The normalized spacial score (nSPS) is 12.8. The molecule has 35 heavy (non-hydrogen) atoms. The number of phenols is 1. The molecule has 0 radical (unpaired) electrons. The summed E-state index contributed by atoms with van der Waals surface area (Å²) in [7, 11) is -3.71. The Balaban J connectivity index is 1.56. The number of ether oxygens (including phenoxy) is 2. The number of nitrogen functional groups attached to an aromatic ring is 1. The summed E-state index contributed by atoms with van der Waals surface area (Å²) in [5.74, 6) is -1.25. The van der Waals surface area contributed by atoms with Crippen LogP contribution in [0.2, 0.25) is 0 Å². The summed E-state index contributed by atoms with van der Waals surface area (Å²) in [5.41, 5.74) is 6.18. The minimum atomic E-state index is -3.71. The van der Waals surface area contributed by atoms with Crippen molar-refractivity contribution in [3.05, 3.63) is 76.9 Å². The van der Waals surface area contributed by atoms with Crippen LogP contribution in [-0.2, 0) is 14.8 Å². The van der Waals surface area contributed by atoms with Crippen LogP contribution in [0.4, 0.5) is 5.69 Å². The molecule has 0 aliphatic heterocycles. The molecule has 4 N–H and O–H groups in total. The number of ketones is 2. The molecule has 0 heterocycles. The number of fused-ring (bicyclic) bond motifs is 2. The van der Waals surface area contributed by atoms with Gasteiger partial charge >= 0.3 is 0 Å². The zero-order valence-corrected chi connectivity index (χ0v) is 19.7. The summed E-state index contributed by atoms with van der Waals surface area (Å²) in [6.07, 6.45) is 0.543. The van der Waals surface area contributed by atoms with Gasteiger partial charge in [0.2, 0.25) is 10.0 Å². The maximum absolute atomic E-state index is 13.1. The largest absolute Gasteiger partial charge is 0.507 e. The molecule has 0 spiro atoms. The van der Waals surface area contributed by atoms with Crippen molar-refractivity contribution in [1.82, 2.24) is 4.72 Å². The lowest BCUT2D eigenvalue weighted by molar-refractivity contribution is 0.0977. The van der Waals surface area contributed by atoms with Crippen molar-refractivity contribution in [3.8, 4) is 17.2 Å². The van der Waals surface area contributed by atoms with E-state index in [0.29, 0.717) is 19.6 Å². The standard InChI is InChI=1S/C25H24N2O7S/c1-2-33-13-5-12-27-35(31,32)16-10-8-15(9-11-16)34-20-14-19(28)21-22(23(20)26)25(30)18-7-4-3-6-17(18)24(21)29/h3-4,6-11,14,27-28H,2,5,12-13,26H2,1H3. The van der Waals surface area contributed by atoms with Gasteiger partial charge in [-0.3, -0.25) is 9.59 Å². The van der Waals surface area contributed by atoms with Crippen molar-refractivity contribution in [2.45, 2.75) is 18.2 Å². The Labute approximate surface area is 202 Å². The van der Waals surface area contributed by atoms with E-state index < -0.39 is 27.3 Å². The van der Waals surface area contributed by atoms with Gasteiger partial charge in [0.25, 0.3) is 0 Å². The first-order valence-electron chi connectivity index (χ1n) is 10.9. The molecule has 1 aliphatic rings. The van der Waals surface area contributed by atoms with Gasteiger partial charge in [-0.15, -0.1) is 0 Å². The fourth-order valence-corrected chi connectivity index (χ4v) is 4.85. The van der Waals surface area contributed by atoms with E-state index in [0.717, 1.165) is 6.07 Å². The first kappa shape index (κ1) is 24.4. The molecular formula is C25H24N2O7S. The predicted octanol–water partition coefficient (Wildman–Crippen LogP) is 3.25. The molecule has 0 atom stereocenters. The van der Waals surface area contributed by atoms with Crippen molar-refractivity contribution in [2.75, 3.05) is 25.5 Å². The van der Waals surface area contributed by atoms with E-state index in [1.54, 1.807) is 12.1 Å². The van der Waals surface area contributed by atoms with Gasteiger partial charge in [-0.25, -0.2) is 13.1 Å². The highest BCUT2D eigenvalue weighted by Gasteiger charge is 2.35. The van der Waals surface area contributed by atoms with Crippen molar-refractivity contribution in [2.24, 2.45) is 0 Å². The molecule has 0 bridgehead atoms. The minimum absolute atomic E-state index is 0.0357. The van der Waals surface area contributed by atoms with E-state index in [9.17, 15) is 23.1 Å². The third kappa shape index (κ3) is 4.76. The van der Waals surface area contributed by atoms with E-state index in [2.05, 4.69) is 4.72 Å². The minimum Gasteiger partial charge on any atom is -0.507 e. The summed E-state index contributed by atoms with van der Waals surface area (Å²) in [4.78, 5) is 26.0. The lowest BCUT2D eigenvalue weighted by atomic mass is 9.82. The van der Waals surface area contributed by atoms with Crippen LogP contribution in [0.5, 0.6) is 17.2 Å². The molecule has 182 valence electrons. The summed E-state index contributed by atoms with van der Waals surface area (Å²) < 4.78 is 38.3. The number of nitrogens with one attached hydrogen (secondary N) is 1. The van der Waals surface area contributed by atoms with Crippen molar-refractivity contribution in [1.29, 1.82) is 0 Å². The van der Waals surface area contributed by atoms with Gasteiger partial charge in [-0.2, -0.15) is 0 Å². The second kappa shape index (κ2) is 9.87. The third-order valence-electron chi connectivity index (χ3n) is 5.50. The number of rotatable bonds is 9. The highest BCUT2D eigenvalue weighted by atomic mass is 32.2.